The molecular formula is C20H26O4. The third kappa shape index (κ3) is 1.47. The second kappa shape index (κ2) is 4.16. The zero-order valence-corrected chi connectivity index (χ0v) is 14.4. The first-order valence-electron chi connectivity index (χ1n) is 9.75. The van der Waals surface area contributed by atoms with Crippen LogP contribution in [0.2, 0.25) is 0 Å². The molecule has 0 N–H and O–H groups in total. The summed E-state index contributed by atoms with van der Waals surface area (Å²) in [5, 5.41) is 0. The van der Waals surface area contributed by atoms with Gasteiger partial charge in [0.05, 0.1) is 13.2 Å². The largest absolute Gasteiger partial charge is 0.358 e. The number of Topliss-reactive ketones (excluding diaryl/α,β-unsaturated/α-hetero) is 1. The molecule has 6 rings (SSSR count). The van der Waals surface area contributed by atoms with Gasteiger partial charge in [0.15, 0.2) is 5.79 Å². The number of ketones is 1. The van der Waals surface area contributed by atoms with Crippen LogP contribution < -0.4 is 0 Å². The van der Waals surface area contributed by atoms with Crippen LogP contribution in [0.1, 0.15) is 58.3 Å². The summed E-state index contributed by atoms with van der Waals surface area (Å²) in [6, 6.07) is 0. The van der Waals surface area contributed by atoms with Crippen molar-refractivity contribution in [3.05, 3.63) is 11.6 Å². The summed E-state index contributed by atoms with van der Waals surface area (Å²) in [5.74, 6) is 1.21. The standard InChI is InChI=1S/C20H26O4/c1-17-6-5-15-13(14(17)2-3-16(17)21)4-7-18-12-19(22-10-11-23-19)8-9-20(15,18)24-18/h5,13-14H,2-4,6-12H2,1H3. The predicted molar refractivity (Wildman–Crippen MR) is 86.3 cm³/mol. The quantitative estimate of drug-likeness (QED) is 0.506. The molecular weight excluding hydrogens is 304 g/mol. The van der Waals surface area contributed by atoms with E-state index in [4.69, 9.17) is 14.2 Å². The SMILES string of the molecule is CC12CC=C3C(CCC45CC6(CCC34O5)OCCO6)C1CCC2=O. The average Bonchev–Trinajstić information content (AvgIpc) is 2.88. The highest BCUT2D eigenvalue weighted by atomic mass is 16.7. The third-order valence-corrected chi connectivity index (χ3v) is 8.38. The number of hydrogen-bond donors (Lipinski definition) is 0. The molecule has 0 bridgehead atoms. The molecule has 24 heavy (non-hydrogen) atoms. The first kappa shape index (κ1) is 14.5. The second-order valence-corrected chi connectivity index (χ2v) is 9.20. The van der Waals surface area contributed by atoms with Crippen LogP contribution in [0.4, 0.5) is 0 Å². The van der Waals surface area contributed by atoms with Crippen LogP contribution in [-0.2, 0) is 19.0 Å². The van der Waals surface area contributed by atoms with Crippen molar-refractivity contribution in [1.29, 1.82) is 0 Å². The molecule has 0 amide bonds. The van der Waals surface area contributed by atoms with E-state index in [0.29, 0.717) is 17.6 Å². The lowest BCUT2D eigenvalue weighted by atomic mass is 9.54. The maximum Gasteiger partial charge on any atom is 0.171 e. The van der Waals surface area contributed by atoms with Gasteiger partial charge in [0.25, 0.3) is 0 Å². The summed E-state index contributed by atoms with van der Waals surface area (Å²) in [6.45, 7) is 3.65. The van der Waals surface area contributed by atoms with Gasteiger partial charge in [-0.2, -0.15) is 0 Å². The van der Waals surface area contributed by atoms with Crippen LogP contribution in [0.15, 0.2) is 11.6 Å². The van der Waals surface area contributed by atoms with E-state index in [-0.39, 0.29) is 22.4 Å². The van der Waals surface area contributed by atoms with Crippen molar-refractivity contribution in [1.82, 2.24) is 0 Å². The van der Waals surface area contributed by atoms with Crippen molar-refractivity contribution in [2.45, 2.75) is 75.3 Å². The normalized spacial score (nSPS) is 53.9. The Morgan fingerprint density at radius 2 is 1.96 bits per heavy atom. The second-order valence-electron chi connectivity index (χ2n) is 9.20. The first-order valence-corrected chi connectivity index (χ1v) is 9.75. The Hall–Kier alpha value is -0.710. The van der Waals surface area contributed by atoms with E-state index in [9.17, 15) is 4.79 Å². The van der Waals surface area contributed by atoms with Gasteiger partial charge in [-0.1, -0.05) is 13.0 Å². The van der Waals surface area contributed by atoms with Gasteiger partial charge in [0.2, 0.25) is 0 Å². The molecule has 4 aliphatic carbocycles. The summed E-state index contributed by atoms with van der Waals surface area (Å²) in [4.78, 5) is 12.5. The summed E-state index contributed by atoms with van der Waals surface area (Å²) in [7, 11) is 0. The monoisotopic (exact) mass is 330 g/mol. The molecule has 130 valence electrons. The van der Waals surface area contributed by atoms with Gasteiger partial charge in [-0.25, -0.2) is 0 Å². The van der Waals surface area contributed by atoms with Gasteiger partial charge in [0, 0.05) is 24.7 Å². The topological polar surface area (TPSA) is 48.1 Å². The van der Waals surface area contributed by atoms with E-state index in [1.165, 1.54) is 0 Å². The molecule has 5 atom stereocenters. The van der Waals surface area contributed by atoms with Gasteiger partial charge < -0.3 is 14.2 Å². The minimum Gasteiger partial charge on any atom is -0.358 e. The Morgan fingerprint density at radius 3 is 2.79 bits per heavy atom. The molecule has 3 saturated carbocycles. The molecule has 2 saturated heterocycles. The van der Waals surface area contributed by atoms with Crippen LogP contribution in [0, 0.1) is 17.3 Å². The Kier molecular flexibility index (Phi) is 2.51. The van der Waals surface area contributed by atoms with Gasteiger partial charge >= 0.3 is 0 Å². The summed E-state index contributed by atoms with van der Waals surface area (Å²) < 4.78 is 18.5. The predicted octanol–water partition coefficient (Wildman–Crippen LogP) is 3.15. The molecule has 1 spiro atoms. The first-order chi connectivity index (χ1) is 11.5. The van der Waals surface area contributed by atoms with E-state index >= 15 is 0 Å². The molecule has 6 aliphatic rings. The number of epoxide rings is 1. The van der Waals surface area contributed by atoms with E-state index < -0.39 is 0 Å². The fourth-order valence-corrected chi connectivity index (χ4v) is 7.11. The van der Waals surface area contributed by atoms with Crippen LogP contribution in [0.5, 0.6) is 0 Å². The van der Waals surface area contributed by atoms with Crippen molar-refractivity contribution < 1.29 is 19.0 Å². The highest BCUT2D eigenvalue weighted by Gasteiger charge is 2.79. The number of allylic oxidation sites excluding steroid dienone is 1. The van der Waals surface area contributed by atoms with Crippen LogP contribution in [-0.4, -0.2) is 36.0 Å². The number of carbonyl (C=O) groups excluding carboxylic acids is 1. The molecule has 5 fully saturated rings. The van der Waals surface area contributed by atoms with Crippen LogP contribution in [0.25, 0.3) is 0 Å². The van der Waals surface area contributed by atoms with Crippen LogP contribution >= 0.6 is 0 Å². The van der Waals surface area contributed by atoms with Crippen LogP contribution in [0.3, 0.4) is 0 Å². The van der Waals surface area contributed by atoms with Gasteiger partial charge in [-0.05, 0) is 49.5 Å². The number of hydrogen-bond acceptors (Lipinski definition) is 4. The fraction of sp³-hybridized carbons (Fsp3) is 0.850. The number of carbonyl (C=O) groups is 1. The Morgan fingerprint density at radius 1 is 1.12 bits per heavy atom. The molecule has 2 heterocycles. The minimum absolute atomic E-state index is 0.0473. The van der Waals surface area contributed by atoms with Crippen molar-refractivity contribution >= 4 is 5.78 Å². The lowest BCUT2D eigenvalue weighted by Crippen LogP contribution is -2.51. The van der Waals surface area contributed by atoms with Crippen molar-refractivity contribution in [3.8, 4) is 0 Å². The van der Waals surface area contributed by atoms with E-state index in [1.807, 2.05) is 0 Å². The zero-order chi connectivity index (χ0) is 16.2. The molecule has 4 nitrogen and oxygen atoms in total. The highest BCUT2D eigenvalue weighted by Crippen LogP contribution is 2.73. The Bertz CT molecular complexity index is 663. The van der Waals surface area contributed by atoms with Crippen molar-refractivity contribution in [2.75, 3.05) is 13.2 Å². The summed E-state index contributed by atoms with van der Waals surface area (Å²) >= 11 is 0. The van der Waals surface area contributed by atoms with Gasteiger partial charge in [0.1, 0.15) is 17.0 Å². The van der Waals surface area contributed by atoms with E-state index in [0.717, 1.165) is 64.6 Å². The Labute approximate surface area is 142 Å². The molecule has 0 aromatic rings. The molecule has 0 aromatic carbocycles. The van der Waals surface area contributed by atoms with Crippen molar-refractivity contribution in [2.24, 2.45) is 17.3 Å². The minimum atomic E-state index is -0.375. The molecule has 0 aromatic heterocycles. The summed E-state index contributed by atoms with van der Waals surface area (Å²) in [6.07, 6.45) is 10.3. The highest BCUT2D eigenvalue weighted by molar-refractivity contribution is 5.87. The smallest absolute Gasteiger partial charge is 0.171 e. The molecule has 4 heteroatoms. The lowest BCUT2D eigenvalue weighted by molar-refractivity contribution is -0.185. The molecule has 2 aliphatic heterocycles. The number of fused-ring (bicyclic) bond motifs is 3. The maximum absolute atomic E-state index is 12.5. The van der Waals surface area contributed by atoms with Crippen molar-refractivity contribution in [3.63, 3.8) is 0 Å². The maximum atomic E-state index is 12.5. The molecule has 5 unspecified atom stereocenters. The third-order valence-electron chi connectivity index (χ3n) is 8.38. The lowest BCUT2D eigenvalue weighted by Gasteiger charge is -2.48. The fourth-order valence-electron chi connectivity index (χ4n) is 7.11. The average molecular weight is 330 g/mol. The Balaban J connectivity index is 1.37. The van der Waals surface area contributed by atoms with E-state index in [2.05, 4.69) is 13.0 Å². The molecule has 0 radical (unpaired) electrons. The van der Waals surface area contributed by atoms with Gasteiger partial charge in [-0.3, -0.25) is 4.79 Å². The van der Waals surface area contributed by atoms with E-state index in [1.54, 1.807) is 5.57 Å². The number of rotatable bonds is 0. The zero-order valence-electron chi connectivity index (χ0n) is 14.4. The van der Waals surface area contributed by atoms with Gasteiger partial charge in [-0.15, -0.1) is 0 Å². The summed E-state index contributed by atoms with van der Waals surface area (Å²) in [5.41, 5.74) is 1.34. The number of ether oxygens (including phenoxy) is 3.